The predicted octanol–water partition coefficient (Wildman–Crippen LogP) is 4.45. The molecule has 3 aromatic rings. The molecule has 1 aromatic heterocycles. The van der Waals surface area contributed by atoms with Gasteiger partial charge in [-0.25, -0.2) is 0 Å². The fraction of sp³-hybridized carbons (Fsp3) is 0.250. The quantitative estimate of drug-likeness (QED) is 0.303. The van der Waals surface area contributed by atoms with Crippen LogP contribution in [0.5, 0.6) is 0 Å². The van der Waals surface area contributed by atoms with E-state index in [2.05, 4.69) is 10.2 Å². The third-order valence-electron chi connectivity index (χ3n) is 4.81. The van der Waals surface area contributed by atoms with Gasteiger partial charge in [0.05, 0.1) is 22.4 Å². The zero-order valence-electron chi connectivity index (χ0n) is 16.7. The fourth-order valence-corrected chi connectivity index (χ4v) is 3.82. The van der Waals surface area contributed by atoms with Crippen molar-refractivity contribution in [3.63, 3.8) is 0 Å². The average molecular weight is 446 g/mol. The van der Waals surface area contributed by atoms with Gasteiger partial charge in [-0.2, -0.15) is 0 Å². The minimum absolute atomic E-state index is 0.000524. The lowest BCUT2D eigenvalue weighted by Gasteiger charge is -2.25. The van der Waals surface area contributed by atoms with E-state index in [1.54, 1.807) is 35.0 Å². The van der Waals surface area contributed by atoms with Crippen molar-refractivity contribution in [2.45, 2.75) is 25.0 Å². The van der Waals surface area contributed by atoms with Gasteiger partial charge in [0.2, 0.25) is 5.91 Å². The van der Waals surface area contributed by atoms with E-state index in [1.807, 2.05) is 32.0 Å². The number of thioether (sulfide) groups is 1. The molecule has 1 amide bonds. The standard InChI is InChI=1S/C20H20ClN5O3S/c1-13-7-8-16(10-18(13)21)25-12-22-23-20(25)30-11-19(27)24(3)14(2)15-5-4-6-17(9-15)26(28)29/h4-10,12,14H,11H2,1-3H3. The van der Waals surface area contributed by atoms with E-state index in [0.29, 0.717) is 15.7 Å². The Labute approximate surface area is 183 Å². The van der Waals surface area contributed by atoms with Gasteiger partial charge in [0, 0.05) is 24.2 Å². The van der Waals surface area contributed by atoms with Crippen molar-refractivity contribution in [1.29, 1.82) is 0 Å². The van der Waals surface area contributed by atoms with Gasteiger partial charge in [-0.3, -0.25) is 19.5 Å². The zero-order valence-corrected chi connectivity index (χ0v) is 18.2. The van der Waals surface area contributed by atoms with Crippen LogP contribution in [0, 0.1) is 17.0 Å². The lowest BCUT2D eigenvalue weighted by molar-refractivity contribution is -0.384. The molecule has 0 radical (unpaired) electrons. The number of aryl methyl sites for hydroxylation is 1. The minimum Gasteiger partial charge on any atom is -0.338 e. The number of hydrogen-bond donors (Lipinski definition) is 0. The smallest absolute Gasteiger partial charge is 0.269 e. The van der Waals surface area contributed by atoms with Crippen LogP contribution in [-0.4, -0.2) is 43.3 Å². The number of amides is 1. The summed E-state index contributed by atoms with van der Waals surface area (Å²) in [7, 11) is 1.68. The van der Waals surface area contributed by atoms with Gasteiger partial charge in [0.15, 0.2) is 5.16 Å². The summed E-state index contributed by atoms with van der Waals surface area (Å²) in [4.78, 5) is 24.8. The Morgan fingerprint density at radius 2 is 2.10 bits per heavy atom. The lowest BCUT2D eigenvalue weighted by Crippen LogP contribution is -2.31. The van der Waals surface area contributed by atoms with Crippen LogP contribution in [0.15, 0.2) is 53.9 Å². The third kappa shape index (κ3) is 4.80. The molecular formula is C20H20ClN5O3S. The monoisotopic (exact) mass is 445 g/mol. The van der Waals surface area contributed by atoms with Crippen LogP contribution < -0.4 is 0 Å². The number of nitro groups is 1. The first-order valence-corrected chi connectivity index (χ1v) is 10.4. The van der Waals surface area contributed by atoms with Crippen LogP contribution in [0.3, 0.4) is 0 Å². The first kappa shape index (κ1) is 21.8. The third-order valence-corrected chi connectivity index (χ3v) is 6.15. The summed E-state index contributed by atoms with van der Waals surface area (Å²) < 4.78 is 1.77. The number of halogens is 1. The number of nitrogens with zero attached hydrogens (tertiary/aromatic N) is 5. The molecule has 1 heterocycles. The molecule has 8 nitrogen and oxygen atoms in total. The highest BCUT2D eigenvalue weighted by Gasteiger charge is 2.20. The second-order valence-electron chi connectivity index (χ2n) is 6.74. The molecule has 2 aromatic carbocycles. The molecule has 0 aliphatic heterocycles. The van der Waals surface area contributed by atoms with Crippen LogP contribution in [-0.2, 0) is 4.79 Å². The molecule has 156 valence electrons. The van der Waals surface area contributed by atoms with E-state index in [0.717, 1.165) is 11.3 Å². The summed E-state index contributed by atoms with van der Waals surface area (Å²) >= 11 is 7.47. The summed E-state index contributed by atoms with van der Waals surface area (Å²) in [6.07, 6.45) is 1.57. The topological polar surface area (TPSA) is 94.2 Å². The summed E-state index contributed by atoms with van der Waals surface area (Å²) in [5, 5.41) is 20.2. The first-order valence-electron chi connectivity index (χ1n) is 9.07. The van der Waals surface area contributed by atoms with Gasteiger partial charge in [-0.15, -0.1) is 10.2 Å². The van der Waals surface area contributed by atoms with Gasteiger partial charge >= 0.3 is 0 Å². The first-order chi connectivity index (χ1) is 14.3. The number of nitro benzene ring substituents is 1. The van der Waals surface area contributed by atoms with E-state index in [-0.39, 0.29) is 23.4 Å². The molecular weight excluding hydrogens is 426 g/mol. The molecule has 0 aliphatic rings. The summed E-state index contributed by atoms with van der Waals surface area (Å²) in [6.45, 7) is 3.75. The number of hydrogen-bond acceptors (Lipinski definition) is 6. The molecule has 0 saturated heterocycles. The van der Waals surface area contributed by atoms with Gasteiger partial charge < -0.3 is 4.90 Å². The molecule has 30 heavy (non-hydrogen) atoms. The van der Waals surface area contributed by atoms with E-state index in [4.69, 9.17) is 11.6 Å². The number of carbonyl (C=O) groups excluding carboxylic acids is 1. The number of non-ortho nitro benzene ring substituents is 1. The number of benzene rings is 2. The maximum Gasteiger partial charge on any atom is 0.269 e. The molecule has 3 rings (SSSR count). The Morgan fingerprint density at radius 3 is 2.80 bits per heavy atom. The Balaban J connectivity index is 1.69. The Morgan fingerprint density at radius 1 is 1.33 bits per heavy atom. The van der Waals surface area contributed by atoms with E-state index in [9.17, 15) is 14.9 Å². The molecule has 0 N–H and O–H groups in total. The summed E-state index contributed by atoms with van der Waals surface area (Å²) in [6, 6.07) is 11.6. The maximum atomic E-state index is 12.7. The molecule has 0 saturated carbocycles. The molecule has 0 bridgehead atoms. The minimum atomic E-state index is -0.446. The summed E-state index contributed by atoms with van der Waals surface area (Å²) in [5.41, 5.74) is 2.47. The normalized spacial score (nSPS) is 11.9. The average Bonchev–Trinajstić information content (AvgIpc) is 3.21. The highest BCUT2D eigenvalue weighted by molar-refractivity contribution is 7.99. The molecule has 10 heteroatoms. The van der Waals surface area contributed by atoms with Gasteiger partial charge in [-0.1, -0.05) is 41.6 Å². The Bertz CT molecular complexity index is 1090. The highest BCUT2D eigenvalue weighted by Crippen LogP contribution is 2.26. The van der Waals surface area contributed by atoms with E-state index >= 15 is 0 Å². The van der Waals surface area contributed by atoms with Crippen molar-refractivity contribution in [3.8, 4) is 5.69 Å². The molecule has 0 fully saturated rings. The van der Waals surface area contributed by atoms with E-state index < -0.39 is 4.92 Å². The molecule has 1 atom stereocenters. The second-order valence-corrected chi connectivity index (χ2v) is 8.09. The highest BCUT2D eigenvalue weighted by atomic mass is 35.5. The Kier molecular flexibility index (Phi) is 6.73. The molecule has 0 aliphatic carbocycles. The second kappa shape index (κ2) is 9.27. The maximum absolute atomic E-state index is 12.7. The van der Waals surface area contributed by atoms with Crippen LogP contribution >= 0.6 is 23.4 Å². The summed E-state index contributed by atoms with van der Waals surface area (Å²) in [5.74, 6) is 0.0177. The van der Waals surface area contributed by atoms with Crippen molar-refractivity contribution in [1.82, 2.24) is 19.7 Å². The largest absolute Gasteiger partial charge is 0.338 e. The van der Waals surface area contributed by atoms with Crippen LogP contribution in [0.2, 0.25) is 5.02 Å². The Hall–Kier alpha value is -2.91. The molecule has 1 unspecified atom stereocenters. The predicted molar refractivity (Wildman–Crippen MR) is 116 cm³/mol. The SMILES string of the molecule is Cc1ccc(-n2cnnc2SCC(=O)N(C)C(C)c2cccc([N+](=O)[O-])c2)cc1Cl. The van der Waals surface area contributed by atoms with Crippen molar-refractivity contribution in [2.75, 3.05) is 12.8 Å². The fourth-order valence-electron chi connectivity index (χ4n) is 2.80. The zero-order chi connectivity index (χ0) is 21.8. The van der Waals surface area contributed by atoms with Crippen LogP contribution in [0.4, 0.5) is 5.69 Å². The van der Waals surface area contributed by atoms with Gasteiger partial charge in [0.1, 0.15) is 6.33 Å². The number of carbonyl (C=O) groups is 1. The number of aromatic nitrogens is 3. The van der Waals surface area contributed by atoms with Crippen LogP contribution in [0.1, 0.15) is 24.1 Å². The van der Waals surface area contributed by atoms with Crippen molar-refractivity contribution >= 4 is 35.0 Å². The van der Waals surface area contributed by atoms with Gasteiger partial charge in [-0.05, 0) is 37.1 Å². The van der Waals surface area contributed by atoms with Crippen molar-refractivity contribution < 1.29 is 9.72 Å². The lowest BCUT2D eigenvalue weighted by atomic mass is 10.1. The van der Waals surface area contributed by atoms with Gasteiger partial charge in [0.25, 0.3) is 5.69 Å². The molecule has 0 spiro atoms. The van der Waals surface area contributed by atoms with Crippen molar-refractivity contribution in [3.05, 3.63) is 75.1 Å². The van der Waals surface area contributed by atoms with Crippen LogP contribution in [0.25, 0.3) is 5.69 Å². The van der Waals surface area contributed by atoms with Crippen molar-refractivity contribution in [2.24, 2.45) is 0 Å². The number of rotatable bonds is 7. The van der Waals surface area contributed by atoms with E-state index in [1.165, 1.54) is 23.9 Å².